The largest absolute Gasteiger partial charge is 0.394 e. The van der Waals surface area contributed by atoms with E-state index in [0.717, 1.165) is 10.7 Å². The van der Waals surface area contributed by atoms with E-state index in [1.54, 1.807) is 18.5 Å². The number of methoxy groups -OCH3 is 1. The van der Waals surface area contributed by atoms with Gasteiger partial charge in [-0.25, -0.2) is 9.67 Å². The molecule has 0 aliphatic carbocycles. The van der Waals surface area contributed by atoms with Gasteiger partial charge in [0, 0.05) is 23.1 Å². The molecule has 2 N–H and O–H groups in total. The van der Waals surface area contributed by atoms with Gasteiger partial charge in [-0.05, 0) is 28.9 Å². The molecule has 0 aromatic carbocycles. The summed E-state index contributed by atoms with van der Waals surface area (Å²) in [6.07, 6.45) is 0.603. The van der Waals surface area contributed by atoms with E-state index in [-0.39, 0.29) is 5.82 Å². The molecule has 1 aliphatic rings. The lowest BCUT2D eigenvalue weighted by Gasteiger charge is -2.43. The molecule has 1 fully saturated rings. The van der Waals surface area contributed by atoms with Gasteiger partial charge in [0.15, 0.2) is 0 Å². The first-order valence-corrected chi connectivity index (χ1v) is 12.0. The Morgan fingerprint density at radius 3 is 2.94 bits per heavy atom. The van der Waals surface area contributed by atoms with E-state index in [0.29, 0.717) is 15.1 Å². The normalized spacial score (nSPS) is 25.6. The van der Waals surface area contributed by atoms with Crippen LogP contribution in [0.15, 0.2) is 33.2 Å². The van der Waals surface area contributed by atoms with Crippen molar-refractivity contribution in [2.45, 2.75) is 41.6 Å². The number of aliphatic hydroxyl groups excluding tert-OH is 2. The summed E-state index contributed by atoms with van der Waals surface area (Å²) in [7, 11) is 1.51. The minimum absolute atomic E-state index is 0.224. The van der Waals surface area contributed by atoms with Gasteiger partial charge in [0.1, 0.15) is 46.7 Å². The number of aryl methyl sites for hydroxylation is 1. The number of hydrogen-bond donors (Lipinski definition) is 2. The summed E-state index contributed by atoms with van der Waals surface area (Å²) >= 11 is 6.07. The highest BCUT2D eigenvalue weighted by Gasteiger charge is 2.47. The van der Waals surface area contributed by atoms with Gasteiger partial charge in [-0.1, -0.05) is 11.8 Å². The van der Waals surface area contributed by atoms with Gasteiger partial charge < -0.3 is 24.5 Å². The zero-order valence-electron chi connectivity index (χ0n) is 17.0. The van der Waals surface area contributed by atoms with Crippen molar-refractivity contribution >= 4 is 44.8 Å². The molecule has 0 amide bonds. The lowest BCUT2D eigenvalue weighted by atomic mass is 9.97. The first kappa shape index (κ1) is 23.2. The van der Waals surface area contributed by atoms with Crippen molar-refractivity contribution in [2.75, 3.05) is 13.7 Å². The quantitative estimate of drug-likeness (QED) is 0.456. The number of thioether (sulfide) groups is 1. The summed E-state index contributed by atoms with van der Waals surface area (Å²) in [5.41, 5.74) is 0.806. The SMILES string of the molecule is [C-]#[N+]c1ncc(Br)cc1S[C@H]1OC(CO)[C@H](O)[C@H](n2cc(-c3nc(C)cs3)nn2)C1OC. The Labute approximate surface area is 200 Å². The predicted molar refractivity (Wildman–Crippen MR) is 122 cm³/mol. The molecule has 3 aromatic heterocycles. The second-order valence-electron chi connectivity index (χ2n) is 6.99. The van der Waals surface area contributed by atoms with Crippen molar-refractivity contribution in [2.24, 2.45) is 0 Å². The number of rotatable bonds is 6. The average molecular weight is 539 g/mol. The molecule has 13 heteroatoms. The number of nitrogens with zero attached hydrogens (tertiary/aromatic N) is 6. The summed E-state index contributed by atoms with van der Waals surface area (Å²) in [5, 5.41) is 31.9. The van der Waals surface area contributed by atoms with Crippen LogP contribution in [0.2, 0.25) is 0 Å². The lowest BCUT2D eigenvalue weighted by Crippen LogP contribution is -2.55. The van der Waals surface area contributed by atoms with Gasteiger partial charge >= 0.3 is 0 Å². The molecule has 0 spiro atoms. The second kappa shape index (κ2) is 9.92. The minimum atomic E-state index is -1.10. The molecule has 0 saturated carbocycles. The number of hydrogen-bond acceptors (Lipinski definition) is 10. The first-order valence-electron chi connectivity index (χ1n) is 9.46. The summed E-state index contributed by atoms with van der Waals surface area (Å²) in [6.45, 7) is 8.89. The fraction of sp³-hybridized carbons (Fsp3) is 0.421. The molecule has 168 valence electrons. The second-order valence-corrected chi connectivity index (χ2v) is 9.90. The topological polar surface area (TPSA) is 120 Å². The standard InChI is InChI=1S/C19H19BrN6O4S2/c1-9-8-31-18(23-9)11-6-26(25-24-11)14-15(28)12(7-27)30-19(16(14)29-3)32-13-4-10(20)5-22-17(13)21-2/h4-6,8,12,14-16,19,27-28H,7H2,1,3H3/t12?,14-,15-,16?,19+/m0/s1. The number of halogens is 1. The zero-order valence-corrected chi connectivity index (χ0v) is 20.2. The molecular formula is C19H19BrN6O4S2. The molecular weight excluding hydrogens is 520 g/mol. The van der Waals surface area contributed by atoms with Crippen LogP contribution in [0.1, 0.15) is 11.7 Å². The predicted octanol–water partition coefficient (Wildman–Crippen LogP) is 2.84. The molecule has 1 saturated heterocycles. The van der Waals surface area contributed by atoms with Crippen molar-refractivity contribution in [3.05, 3.63) is 45.4 Å². The Morgan fingerprint density at radius 1 is 1.47 bits per heavy atom. The van der Waals surface area contributed by atoms with Gasteiger partial charge in [0.25, 0.3) is 5.82 Å². The number of aromatic nitrogens is 5. The van der Waals surface area contributed by atoms with E-state index in [4.69, 9.17) is 16.0 Å². The average Bonchev–Trinajstić information content (AvgIpc) is 3.43. The number of pyridine rings is 1. The summed E-state index contributed by atoms with van der Waals surface area (Å²) in [6, 6.07) is 1.08. The van der Waals surface area contributed by atoms with Gasteiger partial charge in [0.05, 0.1) is 17.3 Å². The molecule has 10 nitrogen and oxygen atoms in total. The van der Waals surface area contributed by atoms with Crippen molar-refractivity contribution in [1.82, 2.24) is 25.0 Å². The Morgan fingerprint density at radius 2 is 2.28 bits per heavy atom. The van der Waals surface area contributed by atoms with Gasteiger partial charge in [0.2, 0.25) is 0 Å². The summed E-state index contributed by atoms with van der Waals surface area (Å²) in [5.74, 6) is 0.224. The van der Waals surface area contributed by atoms with Crippen molar-refractivity contribution in [1.29, 1.82) is 0 Å². The third-order valence-electron chi connectivity index (χ3n) is 4.90. The third-order valence-corrected chi connectivity index (χ3v) is 7.48. The van der Waals surface area contributed by atoms with Crippen molar-refractivity contribution in [3.63, 3.8) is 0 Å². The number of aliphatic hydroxyl groups is 2. The molecule has 0 bridgehead atoms. The molecule has 2 unspecified atom stereocenters. The maximum absolute atomic E-state index is 11.0. The van der Waals surface area contributed by atoms with Gasteiger partial charge in [-0.15, -0.1) is 33.2 Å². The summed E-state index contributed by atoms with van der Waals surface area (Å²) in [4.78, 5) is 12.6. The third kappa shape index (κ3) is 4.58. The van der Waals surface area contributed by atoms with Crippen LogP contribution in [0.25, 0.3) is 15.5 Å². The highest BCUT2D eigenvalue weighted by atomic mass is 79.9. The van der Waals surface area contributed by atoms with Crippen LogP contribution >= 0.6 is 39.0 Å². The minimum Gasteiger partial charge on any atom is -0.394 e. The highest BCUT2D eigenvalue weighted by molar-refractivity contribution is 9.10. The van der Waals surface area contributed by atoms with E-state index in [1.165, 1.54) is 34.9 Å². The Balaban J connectivity index is 1.68. The Hall–Kier alpha value is -1.92. The van der Waals surface area contributed by atoms with Gasteiger partial charge in [-0.3, -0.25) is 0 Å². The molecule has 32 heavy (non-hydrogen) atoms. The van der Waals surface area contributed by atoms with E-state index < -0.39 is 36.4 Å². The fourth-order valence-corrected chi connectivity index (χ4v) is 5.89. The van der Waals surface area contributed by atoms with Crippen molar-refractivity contribution in [3.8, 4) is 10.7 Å². The monoisotopic (exact) mass is 538 g/mol. The Kier molecular flexibility index (Phi) is 7.21. The number of ether oxygens (including phenoxy) is 2. The van der Waals surface area contributed by atoms with Crippen LogP contribution in [0.5, 0.6) is 0 Å². The summed E-state index contributed by atoms with van der Waals surface area (Å²) < 4.78 is 13.9. The molecule has 3 aromatic rings. The molecule has 1 aliphatic heterocycles. The fourth-order valence-electron chi connectivity index (χ4n) is 3.41. The van der Waals surface area contributed by atoms with E-state index in [2.05, 4.69) is 41.1 Å². The molecule has 0 radical (unpaired) electrons. The molecule has 4 rings (SSSR count). The maximum atomic E-state index is 11.0. The lowest BCUT2D eigenvalue weighted by molar-refractivity contribution is -0.186. The van der Waals surface area contributed by atoms with Gasteiger partial charge in [-0.2, -0.15) is 0 Å². The maximum Gasteiger partial charge on any atom is 0.283 e. The van der Waals surface area contributed by atoms with Crippen LogP contribution in [-0.2, 0) is 9.47 Å². The van der Waals surface area contributed by atoms with E-state index >= 15 is 0 Å². The van der Waals surface area contributed by atoms with Crippen molar-refractivity contribution < 1.29 is 19.7 Å². The smallest absolute Gasteiger partial charge is 0.283 e. The number of thiazole rings is 1. The zero-order chi connectivity index (χ0) is 22.8. The van der Waals surface area contributed by atoms with Crippen LogP contribution in [-0.4, -0.2) is 72.6 Å². The highest BCUT2D eigenvalue weighted by Crippen LogP contribution is 2.42. The Bertz CT molecular complexity index is 1140. The molecule has 4 heterocycles. The van der Waals surface area contributed by atoms with Crippen LogP contribution in [0.3, 0.4) is 0 Å². The van der Waals surface area contributed by atoms with E-state index in [9.17, 15) is 10.2 Å². The van der Waals surface area contributed by atoms with Crippen LogP contribution in [0.4, 0.5) is 5.82 Å². The van der Waals surface area contributed by atoms with Crippen LogP contribution < -0.4 is 0 Å². The first-order chi connectivity index (χ1) is 15.4. The van der Waals surface area contributed by atoms with Crippen LogP contribution in [0, 0.1) is 13.5 Å². The molecule has 5 atom stereocenters. The van der Waals surface area contributed by atoms with E-state index in [1.807, 2.05) is 12.3 Å².